The molecular weight excluding hydrogens is 222 g/mol. The molecule has 0 spiro atoms. The summed E-state index contributed by atoms with van der Waals surface area (Å²) in [6.45, 7) is 0.987. The van der Waals surface area contributed by atoms with Crippen molar-refractivity contribution in [2.75, 3.05) is 19.7 Å². The fraction of sp³-hybridized carbons (Fsp3) is 0.833. The van der Waals surface area contributed by atoms with Crippen molar-refractivity contribution in [3.63, 3.8) is 0 Å². The normalized spacial score (nSPS) is 24.4. The molecule has 5 heteroatoms. The summed E-state index contributed by atoms with van der Waals surface area (Å²) < 4.78 is 5.42. The van der Waals surface area contributed by atoms with Gasteiger partial charge in [-0.15, -0.1) is 0 Å². The van der Waals surface area contributed by atoms with Crippen LogP contribution >= 0.6 is 0 Å². The standard InChI is InChI=1S/C12H19NO4/c14-11(15)8-13(7-9-4-5-9)12(16)10-3-1-2-6-17-10/h9-10H,1-8H2,(H,14,15). The molecule has 17 heavy (non-hydrogen) atoms. The lowest BCUT2D eigenvalue weighted by Gasteiger charge is -2.28. The molecule has 0 aromatic carbocycles. The molecule has 2 fully saturated rings. The van der Waals surface area contributed by atoms with E-state index >= 15 is 0 Å². The van der Waals surface area contributed by atoms with Crippen molar-refractivity contribution in [2.45, 2.75) is 38.2 Å². The lowest BCUT2D eigenvalue weighted by atomic mass is 10.1. The molecule has 1 atom stereocenters. The molecule has 1 aliphatic heterocycles. The van der Waals surface area contributed by atoms with Gasteiger partial charge >= 0.3 is 5.97 Å². The number of aliphatic carboxylic acids is 1. The Hall–Kier alpha value is -1.10. The number of nitrogens with zero attached hydrogens (tertiary/aromatic N) is 1. The summed E-state index contributed by atoms with van der Waals surface area (Å²) in [5, 5.41) is 8.83. The molecule has 2 rings (SSSR count). The SMILES string of the molecule is O=C(O)CN(CC1CC1)C(=O)C1CCCCO1. The van der Waals surface area contributed by atoms with Crippen LogP contribution in [0.1, 0.15) is 32.1 Å². The number of hydrogen-bond acceptors (Lipinski definition) is 3. The van der Waals surface area contributed by atoms with Crippen molar-refractivity contribution in [3.8, 4) is 0 Å². The van der Waals surface area contributed by atoms with Gasteiger partial charge in [0, 0.05) is 13.2 Å². The Morgan fingerprint density at radius 3 is 2.53 bits per heavy atom. The lowest BCUT2D eigenvalue weighted by molar-refractivity contribution is -0.152. The fourth-order valence-corrected chi connectivity index (χ4v) is 2.15. The topological polar surface area (TPSA) is 66.8 Å². The molecular formula is C12H19NO4. The van der Waals surface area contributed by atoms with Gasteiger partial charge in [-0.3, -0.25) is 9.59 Å². The third-order valence-electron chi connectivity index (χ3n) is 3.27. The number of carbonyl (C=O) groups is 2. The van der Waals surface area contributed by atoms with Gasteiger partial charge in [-0.05, 0) is 38.0 Å². The molecule has 96 valence electrons. The molecule has 0 aromatic heterocycles. The van der Waals surface area contributed by atoms with Crippen LogP contribution in [0.2, 0.25) is 0 Å². The minimum Gasteiger partial charge on any atom is -0.480 e. The van der Waals surface area contributed by atoms with Gasteiger partial charge in [0.1, 0.15) is 12.6 Å². The van der Waals surface area contributed by atoms with Crippen molar-refractivity contribution in [1.82, 2.24) is 4.90 Å². The fourth-order valence-electron chi connectivity index (χ4n) is 2.15. The predicted octanol–water partition coefficient (Wildman–Crippen LogP) is 0.879. The third kappa shape index (κ3) is 3.70. The molecule has 5 nitrogen and oxygen atoms in total. The average molecular weight is 241 g/mol. The first kappa shape index (κ1) is 12.4. The van der Waals surface area contributed by atoms with Crippen molar-refractivity contribution in [2.24, 2.45) is 5.92 Å². The van der Waals surface area contributed by atoms with E-state index in [1.54, 1.807) is 0 Å². The summed E-state index contributed by atoms with van der Waals surface area (Å²) in [4.78, 5) is 24.4. The number of carboxylic acids is 1. The Balaban J connectivity index is 1.91. The Kier molecular flexibility index (Phi) is 3.99. The highest BCUT2D eigenvalue weighted by atomic mass is 16.5. The molecule has 0 bridgehead atoms. The Labute approximate surface area is 101 Å². The van der Waals surface area contributed by atoms with Crippen LogP contribution in [-0.2, 0) is 14.3 Å². The van der Waals surface area contributed by atoms with E-state index < -0.39 is 12.1 Å². The van der Waals surface area contributed by atoms with E-state index in [9.17, 15) is 9.59 Å². The summed E-state index contributed by atoms with van der Waals surface area (Å²) in [5.74, 6) is -0.587. The van der Waals surface area contributed by atoms with E-state index in [0.717, 1.165) is 32.1 Å². The van der Waals surface area contributed by atoms with E-state index in [1.807, 2.05) is 0 Å². The maximum absolute atomic E-state index is 12.1. The molecule has 1 saturated carbocycles. The summed E-state index contributed by atoms with van der Waals surface area (Å²) in [6, 6.07) is 0. The van der Waals surface area contributed by atoms with E-state index in [1.165, 1.54) is 4.90 Å². The highest BCUT2D eigenvalue weighted by Gasteiger charge is 2.32. The van der Waals surface area contributed by atoms with Gasteiger partial charge in [0.05, 0.1) is 0 Å². The maximum Gasteiger partial charge on any atom is 0.323 e. The Bertz CT molecular complexity index is 295. The van der Waals surface area contributed by atoms with Gasteiger partial charge in [0.25, 0.3) is 5.91 Å². The number of hydrogen-bond donors (Lipinski definition) is 1. The minimum atomic E-state index is -0.949. The molecule has 0 aromatic rings. The number of carboxylic acid groups (broad SMARTS) is 1. The average Bonchev–Trinajstić information content (AvgIpc) is 3.12. The van der Waals surface area contributed by atoms with Crippen LogP contribution in [0.15, 0.2) is 0 Å². The molecule has 2 aliphatic rings. The van der Waals surface area contributed by atoms with Gasteiger partial charge in [0.2, 0.25) is 0 Å². The van der Waals surface area contributed by atoms with Gasteiger partial charge in [-0.1, -0.05) is 0 Å². The van der Waals surface area contributed by atoms with Crippen LogP contribution in [0, 0.1) is 5.92 Å². The highest BCUT2D eigenvalue weighted by molar-refractivity contribution is 5.84. The number of amides is 1. The Morgan fingerprint density at radius 2 is 2.00 bits per heavy atom. The first-order valence-corrected chi connectivity index (χ1v) is 6.29. The molecule has 1 amide bonds. The van der Waals surface area contributed by atoms with Crippen molar-refractivity contribution in [1.29, 1.82) is 0 Å². The monoisotopic (exact) mass is 241 g/mol. The lowest BCUT2D eigenvalue weighted by Crippen LogP contribution is -2.45. The van der Waals surface area contributed by atoms with Gasteiger partial charge in [-0.2, -0.15) is 0 Å². The van der Waals surface area contributed by atoms with Gasteiger partial charge < -0.3 is 14.7 Å². The molecule has 0 radical (unpaired) electrons. The summed E-state index contributed by atoms with van der Waals surface area (Å²) in [6.07, 6.45) is 4.50. The van der Waals surface area contributed by atoms with Crippen LogP contribution in [-0.4, -0.2) is 47.7 Å². The van der Waals surface area contributed by atoms with E-state index in [-0.39, 0.29) is 12.5 Å². The molecule has 1 aliphatic carbocycles. The second-order valence-electron chi connectivity index (χ2n) is 4.91. The van der Waals surface area contributed by atoms with Gasteiger partial charge in [-0.25, -0.2) is 0 Å². The predicted molar refractivity (Wildman–Crippen MR) is 60.5 cm³/mol. The Morgan fingerprint density at radius 1 is 1.24 bits per heavy atom. The molecule has 1 N–H and O–H groups in total. The minimum absolute atomic E-state index is 0.140. The van der Waals surface area contributed by atoms with Crippen molar-refractivity contribution < 1.29 is 19.4 Å². The van der Waals surface area contributed by atoms with E-state index in [4.69, 9.17) is 9.84 Å². The van der Waals surface area contributed by atoms with Crippen LogP contribution in [0.5, 0.6) is 0 Å². The zero-order valence-corrected chi connectivity index (χ0v) is 9.93. The van der Waals surface area contributed by atoms with Crippen molar-refractivity contribution >= 4 is 11.9 Å². The highest BCUT2D eigenvalue weighted by Crippen LogP contribution is 2.30. The quantitative estimate of drug-likeness (QED) is 0.776. The molecule has 1 saturated heterocycles. The zero-order valence-electron chi connectivity index (χ0n) is 9.93. The first-order valence-electron chi connectivity index (χ1n) is 6.29. The molecule has 1 heterocycles. The summed E-state index contributed by atoms with van der Waals surface area (Å²) >= 11 is 0. The van der Waals surface area contributed by atoms with Crippen LogP contribution in [0.3, 0.4) is 0 Å². The smallest absolute Gasteiger partial charge is 0.323 e. The number of ether oxygens (including phenoxy) is 1. The second kappa shape index (κ2) is 5.49. The first-order chi connectivity index (χ1) is 8.16. The van der Waals surface area contributed by atoms with E-state index in [2.05, 4.69) is 0 Å². The summed E-state index contributed by atoms with van der Waals surface area (Å²) in [7, 11) is 0. The van der Waals surface area contributed by atoms with Crippen LogP contribution in [0.4, 0.5) is 0 Å². The molecule has 1 unspecified atom stereocenters. The second-order valence-corrected chi connectivity index (χ2v) is 4.91. The van der Waals surface area contributed by atoms with E-state index in [0.29, 0.717) is 19.1 Å². The number of carbonyl (C=O) groups excluding carboxylic acids is 1. The van der Waals surface area contributed by atoms with Crippen LogP contribution in [0.25, 0.3) is 0 Å². The van der Waals surface area contributed by atoms with Crippen LogP contribution < -0.4 is 0 Å². The summed E-state index contributed by atoms with van der Waals surface area (Å²) in [5.41, 5.74) is 0. The van der Waals surface area contributed by atoms with Gasteiger partial charge in [0.15, 0.2) is 0 Å². The zero-order chi connectivity index (χ0) is 12.3. The third-order valence-corrected chi connectivity index (χ3v) is 3.27. The largest absolute Gasteiger partial charge is 0.480 e. The maximum atomic E-state index is 12.1. The number of rotatable bonds is 5. The van der Waals surface area contributed by atoms with Crippen molar-refractivity contribution in [3.05, 3.63) is 0 Å².